The number of Topliss-reactive ketones (excluding diaryl/α,β-unsaturated/α-hetero) is 1. The normalized spacial score (nSPS) is 11.1. The molecule has 154 valence electrons. The first-order valence-electron chi connectivity index (χ1n) is 9.02. The molecule has 30 heavy (non-hydrogen) atoms. The average Bonchev–Trinajstić information content (AvgIpc) is 2.73. The van der Waals surface area contributed by atoms with Crippen LogP contribution >= 0.6 is 11.6 Å². The van der Waals surface area contributed by atoms with Crippen molar-refractivity contribution < 1.29 is 18.0 Å². The van der Waals surface area contributed by atoms with Gasteiger partial charge in [-0.15, -0.1) is 0 Å². The standard InChI is InChI=1S/C22H19ClN2O4S/c1-15(26)17-7-10-19(11-8-17)25-22(27)18-9-12-20(23)21(13-18)30(28,29)24-14-16-5-3-2-4-6-16/h2-13,24H,14H2,1H3,(H,25,27). The van der Waals surface area contributed by atoms with Gasteiger partial charge in [-0.1, -0.05) is 41.9 Å². The van der Waals surface area contributed by atoms with E-state index in [1.54, 1.807) is 36.4 Å². The van der Waals surface area contributed by atoms with Crippen LogP contribution < -0.4 is 10.0 Å². The quantitative estimate of drug-likeness (QED) is 0.534. The van der Waals surface area contributed by atoms with Crippen LogP contribution in [0.15, 0.2) is 77.7 Å². The molecule has 0 aliphatic rings. The number of nitrogens with one attached hydrogen (secondary N) is 2. The molecule has 0 radical (unpaired) electrons. The second kappa shape index (κ2) is 9.21. The van der Waals surface area contributed by atoms with Crippen molar-refractivity contribution in [3.05, 3.63) is 94.5 Å². The van der Waals surface area contributed by atoms with Crippen molar-refractivity contribution >= 4 is 39.0 Å². The fourth-order valence-corrected chi connectivity index (χ4v) is 4.24. The molecule has 8 heteroatoms. The molecule has 0 atom stereocenters. The Morgan fingerprint density at radius 3 is 2.17 bits per heavy atom. The maximum Gasteiger partial charge on any atom is 0.255 e. The number of hydrogen-bond acceptors (Lipinski definition) is 4. The number of ketones is 1. The van der Waals surface area contributed by atoms with Crippen LogP contribution in [0.1, 0.15) is 33.2 Å². The number of benzene rings is 3. The molecule has 0 unspecified atom stereocenters. The Morgan fingerprint density at radius 1 is 0.900 bits per heavy atom. The van der Waals surface area contributed by atoms with E-state index in [2.05, 4.69) is 10.0 Å². The Balaban J connectivity index is 1.78. The van der Waals surface area contributed by atoms with Gasteiger partial charge in [-0.25, -0.2) is 13.1 Å². The lowest BCUT2D eigenvalue weighted by atomic mass is 10.1. The third-order valence-electron chi connectivity index (χ3n) is 4.34. The molecule has 0 bridgehead atoms. The first kappa shape index (κ1) is 21.7. The van der Waals surface area contributed by atoms with Gasteiger partial charge in [-0.2, -0.15) is 0 Å². The molecule has 0 spiro atoms. The van der Waals surface area contributed by atoms with Crippen LogP contribution in [-0.2, 0) is 16.6 Å². The monoisotopic (exact) mass is 442 g/mol. The molecule has 0 fully saturated rings. The van der Waals surface area contributed by atoms with E-state index >= 15 is 0 Å². The number of carbonyl (C=O) groups excluding carboxylic acids is 2. The first-order chi connectivity index (χ1) is 14.3. The Bertz CT molecular complexity index is 1180. The van der Waals surface area contributed by atoms with E-state index in [-0.39, 0.29) is 27.8 Å². The maximum absolute atomic E-state index is 12.7. The lowest BCUT2D eigenvalue weighted by Gasteiger charge is -2.11. The molecule has 1 amide bonds. The number of rotatable bonds is 7. The third kappa shape index (κ3) is 5.33. The van der Waals surface area contributed by atoms with E-state index in [1.807, 2.05) is 18.2 Å². The zero-order valence-electron chi connectivity index (χ0n) is 16.1. The van der Waals surface area contributed by atoms with Crippen molar-refractivity contribution in [2.45, 2.75) is 18.4 Å². The van der Waals surface area contributed by atoms with Crippen molar-refractivity contribution in [2.75, 3.05) is 5.32 Å². The Labute approximate surface area is 179 Å². The Hall–Kier alpha value is -3.00. The molecule has 0 aromatic heterocycles. The minimum Gasteiger partial charge on any atom is -0.322 e. The van der Waals surface area contributed by atoms with Crippen LogP contribution in [0.4, 0.5) is 5.69 Å². The van der Waals surface area contributed by atoms with Crippen molar-refractivity contribution in [1.82, 2.24) is 4.72 Å². The largest absolute Gasteiger partial charge is 0.322 e. The topological polar surface area (TPSA) is 92.3 Å². The molecular formula is C22H19ClN2O4S. The number of amides is 1. The number of hydrogen-bond donors (Lipinski definition) is 2. The van der Waals surface area contributed by atoms with E-state index in [1.165, 1.54) is 25.1 Å². The number of halogens is 1. The minimum atomic E-state index is -3.93. The average molecular weight is 443 g/mol. The molecule has 2 N–H and O–H groups in total. The minimum absolute atomic E-state index is 0.0120. The predicted octanol–water partition coefficient (Wildman–Crippen LogP) is 4.27. The molecule has 0 saturated carbocycles. The highest BCUT2D eigenvalue weighted by Crippen LogP contribution is 2.23. The van der Waals surface area contributed by atoms with E-state index in [0.717, 1.165) is 5.56 Å². The van der Waals surface area contributed by atoms with Crippen LogP contribution in [0.3, 0.4) is 0 Å². The number of anilines is 1. The summed E-state index contributed by atoms with van der Waals surface area (Å²) in [7, 11) is -3.93. The molecule has 0 saturated heterocycles. The highest BCUT2D eigenvalue weighted by molar-refractivity contribution is 7.89. The van der Waals surface area contributed by atoms with Crippen molar-refractivity contribution in [2.24, 2.45) is 0 Å². The van der Waals surface area contributed by atoms with Gasteiger partial charge in [0.1, 0.15) is 4.90 Å². The second-order valence-electron chi connectivity index (χ2n) is 6.54. The summed E-state index contributed by atoms with van der Waals surface area (Å²) in [4.78, 5) is 23.7. The maximum atomic E-state index is 12.7. The van der Waals surface area contributed by atoms with Crippen molar-refractivity contribution in [3.8, 4) is 0 Å². The zero-order valence-corrected chi connectivity index (χ0v) is 17.6. The highest BCUT2D eigenvalue weighted by atomic mass is 35.5. The zero-order chi connectivity index (χ0) is 21.7. The van der Waals surface area contributed by atoms with Crippen LogP contribution in [0, 0.1) is 0 Å². The molecule has 3 aromatic rings. The van der Waals surface area contributed by atoms with Gasteiger partial charge in [0.2, 0.25) is 10.0 Å². The summed E-state index contributed by atoms with van der Waals surface area (Å²) in [5.74, 6) is -0.579. The van der Waals surface area contributed by atoms with Gasteiger partial charge < -0.3 is 5.32 Å². The van der Waals surface area contributed by atoms with Crippen molar-refractivity contribution in [1.29, 1.82) is 0 Å². The summed E-state index contributed by atoms with van der Waals surface area (Å²) < 4.78 is 27.9. The molecule has 3 rings (SSSR count). The van der Waals surface area contributed by atoms with Crippen LogP contribution in [0.25, 0.3) is 0 Å². The van der Waals surface area contributed by atoms with Gasteiger partial charge >= 0.3 is 0 Å². The van der Waals surface area contributed by atoms with Gasteiger partial charge in [-0.3, -0.25) is 9.59 Å². The van der Waals surface area contributed by atoms with Gasteiger partial charge in [-0.05, 0) is 55.0 Å². The Kier molecular flexibility index (Phi) is 6.66. The van der Waals surface area contributed by atoms with Gasteiger partial charge in [0.05, 0.1) is 5.02 Å². The molecule has 6 nitrogen and oxygen atoms in total. The lowest BCUT2D eigenvalue weighted by molar-refractivity contribution is 0.101. The number of sulfonamides is 1. The fourth-order valence-electron chi connectivity index (χ4n) is 2.69. The van der Waals surface area contributed by atoms with Gasteiger partial charge in [0.25, 0.3) is 5.91 Å². The first-order valence-corrected chi connectivity index (χ1v) is 10.9. The summed E-state index contributed by atoms with van der Waals surface area (Å²) in [5, 5.41) is 2.68. The number of carbonyl (C=O) groups is 2. The Morgan fingerprint density at radius 2 is 1.53 bits per heavy atom. The SMILES string of the molecule is CC(=O)c1ccc(NC(=O)c2ccc(Cl)c(S(=O)(=O)NCc3ccccc3)c2)cc1. The van der Waals surface area contributed by atoms with Crippen LogP contribution in [-0.4, -0.2) is 20.1 Å². The van der Waals surface area contributed by atoms with E-state index in [4.69, 9.17) is 11.6 Å². The summed E-state index contributed by atoms with van der Waals surface area (Å²) in [5.41, 5.74) is 1.93. The molecular weight excluding hydrogens is 424 g/mol. The third-order valence-corrected chi connectivity index (χ3v) is 6.22. The molecule has 0 aliphatic carbocycles. The van der Waals surface area contributed by atoms with Crippen LogP contribution in [0.5, 0.6) is 0 Å². The van der Waals surface area contributed by atoms with Gasteiger partial charge in [0, 0.05) is 23.4 Å². The van der Waals surface area contributed by atoms with Crippen LogP contribution in [0.2, 0.25) is 5.02 Å². The summed E-state index contributed by atoms with van der Waals surface area (Å²) in [6, 6.07) is 19.5. The predicted molar refractivity (Wildman–Crippen MR) is 116 cm³/mol. The highest BCUT2D eigenvalue weighted by Gasteiger charge is 2.20. The smallest absolute Gasteiger partial charge is 0.255 e. The molecule has 0 heterocycles. The fraction of sp³-hybridized carbons (Fsp3) is 0.0909. The van der Waals surface area contributed by atoms with Gasteiger partial charge in [0.15, 0.2) is 5.78 Å². The van der Waals surface area contributed by atoms with E-state index in [9.17, 15) is 18.0 Å². The van der Waals surface area contributed by atoms with E-state index < -0.39 is 15.9 Å². The molecule has 3 aromatic carbocycles. The molecule has 0 aliphatic heterocycles. The van der Waals surface area contributed by atoms with Crippen molar-refractivity contribution in [3.63, 3.8) is 0 Å². The summed E-state index contributed by atoms with van der Waals surface area (Å²) >= 11 is 6.09. The lowest BCUT2D eigenvalue weighted by Crippen LogP contribution is -2.24. The summed E-state index contributed by atoms with van der Waals surface area (Å²) in [6.07, 6.45) is 0. The van der Waals surface area contributed by atoms with E-state index in [0.29, 0.717) is 11.3 Å². The second-order valence-corrected chi connectivity index (χ2v) is 8.69. The summed E-state index contributed by atoms with van der Waals surface area (Å²) in [6.45, 7) is 1.55.